The molecule has 0 atom stereocenters. The van der Waals surface area contributed by atoms with Crippen LogP contribution in [-0.2, 0) is 6.61 Å². The number of pyridine rings is 1. The summed E-state index contributed by atoms with van der Waals surface area (Å²) < 4.78 is 5.72. The van der Waals surface area contributed by atoms with E-state index in [0.717, 1.165) is 25.9 Å². The minimum atomic E-state index is -0.0320. The summed E-state index contributed by atoms with van der Waals surface area (Å²) in [5.74, 6) is 0.391. The van der Waals surface area contributed by atoms with Crippen molar-refractivity contribution in [1.82, 2.24) is 9.88 Å². The van der Waals surface area contributed by atoms with Gasteiger partial charge in [-0.15, -0.1) is 0 Å². The molecule has 26 heavy (non-hydrogen) atoms. The highest BCUT2D eigenvalue weighted by atomic mass is 35.5. The molecule has 1 aliphatic rings. The molecule has 2 heterocycles. The SMILES string of the molecule is CC1(C)CCCN(C(=O)c2cccc(COc3c(Cl)cccc3Cl)n2)C1. The van der Waals surface area contributed by atoms with Crippen LogP contribution in [-0.4, -0.2) is 28.9 Å². The van der Waals surface area contributed by atoms with Gasteiger partial charge < -0.3 is 9.64 Å². The quantitative estimate of drug-likeness (QED) is 0.715. The zero-order valence-electron chi connectivity index (χ0n) is 15.0. The Hall–Kier alpha value is -1.78. The van der Waals surface area contributed by atoms with Gasteiger partial charge in [0.2, 0.25) is 0 Å². The number of rotatable bonds is 4. The van der Waals surface area contributed by atoms with E-state index in [1.54, 1.807) is 24.3 Å². The first-order chi connectivity index (χ1) is 12.4. The number of nitrogens with zero attached hydrogens (tertiary/aromatic N) is 2. The van der Waals surface area contributed by atoms with Crippen LogP contribution in [0, 0.1) is 5.41 Å². The Morgan fingerprint density at radius 2 is 1.88 bits per heavy atom. The second-order valence-electron chi connectivity index (χ2n) is 7.35. The number of para-hydroxylation sites is 1. The molecular weight excluding hydrogens is 371 g/mol. The van der Waals surface area contributed by atoms with Crippen LogP contribution < -0.4 is 4.74 Å². The lowest BCUT2D eigenvalue weighted by molar-refractivity contribution is 0.0577. The number of carbonyl (C=O) groups excluding carboxylic acids is 1. The van der Waals surface area contributed by atoms with Crippen LogP contribution in [0.15, 0.2) is 36.4 Å². The molecule has 1 aliphatic heterocycles. The first-order valence-electron chi connectivity index (χ1n) is 8.68. The van der Waals surface area contributed by atoms with Crippen LogP contribution in [0.1, 0.15) is 42.9 Å². The number of benzene rings is 1. The van der Waals surface area contributed by atoms with Crippen molar-refractivity contribution in [2.24, 2.45) is 5.41 Å². The highest BCUT2D eigenvalue weighted by molar-refractivity contribution is 6.37. The molecule has 2 aromatic rings. The molecule has 1 aromatic carbocycles. The Balaban J connectivity index is 1.71. The molecule has 1 amide bonds. The lowest BCUT2D eigenvalue weighted by Gasteiger charge is -2.37. The minimum absolute atomic E-state index is 0.0320. The molecule has 6 heteroatoms. The number of likely N-dealkylation sites (tertiary alicyclic amines) is 1. The van der Waals surface area contributed by atoms with Crippen molar-refractivity contribution in [3.05, 3.63) is 57.8 Å². The van der Waals surface area contributed by atoms with Crippen LogP contribution >= 0.6 is 23.2 Å². The Kier molecular flexibility index (Phi) is 5.73. The van der Waals surface area contributed by atoms with E-state index in [9.17, 15) is 4.79 Å². The van der Waals surface area contributed by atoms with Gasteiger partial charge in [-0.1, -0.05) is 49.2 Å². The molecule has 138 valence electrons. The predicted octanol–water partition coefficient (Wildman–Crippen LogP) is 5.23. The van der Waals surface area contributed by atoms with Crippen molar-refractivity contribution in [1.29, 1.82) is 0 Å². The third-order valence-electron chi connectivity index (χ3n) is 4.50. The Morgan fingerprint density at radius 1 is 1.19 bits per heavy atom. The number of hydrogen-bond acceptors (Lipinski definition) is 3. The highest BCUT2D eigenvalue weighted by Crippen LogP contribution is 2.33. The number of piperidine rings is 1. The van der Waals surface area contributed by atoms with E-state index in [1.807, 2.05) is 17.0 Å². The lowest BCUT2D eigenvalue weighted by Crippen LogP contribution is -2.43. The summed E-state index contributed by atoms with van der Waals surface area (Å²) in [4.78, 5) is 19.2. The van der Waals surface area contributed by atoms with Crippen LogP contribution in [0.4, 0.5) is 0 Å². The van der Waals surface area contributed by atoms with E-state index in [4.69, 9.17) is 27.9 Å². The fourth-order valence-electron chi connectivity index (χ4n) is 3.20. The molecule has 0 saturated carbocycles. The van der Waals surface area contributed by atoms with Crippen molar-refractivity contribution in [3.8, 4) is 5.75 Å². The fraction of sp³-hybridized carbons (Fsp3) is 0.400. The molecule has 0 bridgehead atoms. The molecule has 0 aliphatic carbocycles. The maximum Gasteiger partial charge on any atom is 0.272 e. The van der Waals surface area contributed by atoms with Crippen molar-refractivity contribution >= 4 is 29.1 Å². The molecular formula is C20H22Cl2N2O2. The second-order valence-corrected chi connectivity index (χ2v) is 8.16. The predicted molar refractivity (Wildman–Crippen MR) is 104 cm³/mol. The standard InChI is InChI=1S/C20H22Cl2N2O2/c1-20(2)10-5-11-24(13-20)19(25)17-9-3-6-14(23-17)12-26-18-15(21)7-4-8-16(18)22/h3-4,6-9H,5,10-13H2,1-2H3. The number of halogens is 2. The van der Waals surface area contributed by atoms with Crippen molar-refractivity contribution < 1.29 is 9.53 Å². The summed E-state index contributed by atoms with van der Waals surface area (Å²) in [6.07, 6.45) is 2.16. The van der Waals surface area contributed by atoms with Crippen LogP contribution in [0.3, 0.4) is 0 Å². The Bertz CT molecular complexity index is 788. The average molecular weight is 393 g/mol. The molecule has 4 nitrogen and oxygen atoms in total. The average Bonchev–Trinajstić information content (AvgIpc) is 2.60. The zero-order chi connectivity index (χ0) is 18.7. The van der Waals surface area contributed by atoms with Gasteiger partial charge in [-0.05, 0) is 42.5 Å². The lowest BCUT2D eigenvalue weighted by atomic mass is 9.84. The topological polar surface area (TPSA) is 42.4 Å². The first-order valence-corrected chi connectivity index (χ1v) is 9.43. The number of ether oxygens (including phenoxy) is 1. The first kappa shape index (κ1) is 19.0. The fourth-order valence-corrected chi connectivity index (χ4v) is 3.71. The smallest absolute Gasteiger partial charge is 0.272 e. The number of aromatic nitrogens is 1. The van der Waals surface area contributed by atoms with Crippen molar-refractivity contribution in [3.63, 3.8) is 0 Å². The van der Waals surface area contributed by atoms with Gasteiger partial charge in [0.1, 0.15) is 12.3 Å². The van der Waals surface area contributed by atoms with Gasteiger partial charge in [-0.2, -0.15) is 0 Å². The summed E-state index contributed by atoms with van der Waals surface area (Å²) in [6.45, 7) is 6.11. The van der Waals surface area contributed by atoms with E-state index in [1.165, 1.54) is 0 Å². The number of amides is 1. The van der Waals surface area contributed by atoms with Crippen LogP contribution in [0.5, 0.6) is 5.75 Å². The van der Waals surface area contributed by atoms with Gasteiger partial charge in [0.25, 0.3) is 5.91 Å². The molecule has 0 N–H and O–H groups in total. The molecule has 0 unspecified atom stereocenters. The van der Waals surface area contributed by atoms with Gasteiger partial charge in [0, 0.05) is 13.1 Å². The third kappa shape index (κ3) is 4.49. The second kappa shape index (κ2) is 7.85. The van der Waals surface area contributed by atoms with E-state index in [0.29, 0.717) is 27.2 Å². The molecule has 1 saturated heterocycles. The van der Waals surface area contributed by atoms with E-state index in [-0.39, 0.29) is 17.9 Å². The normalized spacial score (nSPS) is 16.4. The molecule has 1 fully saturated rings. The van der Waals surface area contributed by atoms with E-state index < -0.39 is 0 Å². The van der Waals surface area contributed by atoms with Gasteiger partial charge in [0.15, 0.2) is 5.75 Å². The van der Waals surface area contributed by atoms with Gasteiger partial charge in [-0.25, -0.2) is 4.98 Å². The van der Waals surface area contributed by atoms with Gasteiger partial charge in [-0.3, -0.25) is 4.79 Å². The Morgan fingerprint density at radius 3 is 2.58 bits per heavy atom. The summed E-state index contributed by atoms with van der Waals surface area (Å²) >= 11 is 12.2. The van der Waals surface area contributed by atoms with Crippen molar-refractivity contribution in [2.45, 2.75) is 33.3 Å². The maximum absolute atomic E-state index is 12.8. The maximum atomic E-state index is 12.8. The summed E-state index contributed by atoms with van der Waals surface area (Å²) in [5, 5.41) is 0.889. The minimum Gasteiger partial charge on any atom is -0.484 e. The van der Waals surface area contributed by atoms with Gasteiger partial charge in [0.05, 0.1) is 15.7 Å². The van der Waals surface area contributed by atoms with E-state index in [2.05, 4.69) is 18.8 Å². The van der Waals surface area contributed by atoms with Crippen LogP contribution in [0.2, 0.25) is 10.0 Å². The zero-order valence-corrected chi connectivity index (χ0v) is 16.5. The van der Waals surface area contributed by atoms with Crippen molar-refractivity contribution in [2.75, 3.05) is 13.1 Å². The largest absolute Gasteiger partial charge is 0.484 e. The Labute approximate surface area is 164 Å². The molecule has 3 rings (SSSR count). The number of carbonyl (C=O) groups is 1. The molecule has 0 spiro atoms. The summed E-state index contributed by atoms with van der Waals surface area (Å²) in [6, 6.07) is 10.6. The highest BCUT2D eigenvalue weighted by Gasteiger charge is 2.30. The third-order valence-corrected chi connectivity index (χ3v) is 5.09. The molecule has 1 aromatic heterocycles. The monoisotopic (exact) mass is 392 g/mol. The van der Waals surface area contributed by atoms with Gasteiger partial charge >= 0.3 is 0 Å². The number of hydrogen-bond donors (Lipinski definition) is 0. The van der Waals surface area contributed by atoms with E-state index >= 15 is 0 Å². The summed E-state index contributed by atoms with van der Waals surface area (Å²) in [5.41, 5.74) is 1.24. The van der Waals surface area contributed by atoms with Crippen LogP contribution in [0.25, 0.3) is 0 Å². The molecule has 0 radical (unpaired) electrons. The summed E-state index contributed by atoms with van der Waals surface area (Å²) in [7, 11) is 0.